The maximum atomic E-state index is 11.8. The number of hydrogen-bond acceptors (Lipinski definition) is 19. The van der Waals surface area contributed by atoms with Crippen molar-refractivity contribution in [1.82, 2.24) is 29.9 Å². The minimum absolute atomic E-state index is 0. The number of nitrogens with zero attached hydrogens (tertiary/aromatic N) is 6. The summed E-state index contributed by atoms with van der Waals surface area (Å²) in [5.74, 6) is -0.962. The number of fused-ring (bicyclic) bond motifs is 6. The van der Waals surface area contributed by atoms with Crippen LogP contribution < -0.4 is 118 Å². The van der Waals surface area contributed by atoms with Crippen molar-refractivity contribution in [3.05, 3.63) is 218 Å². The fourth-order valence-corrected chi connectivity index (χ4v) is 12.4. The third kappa shape index (κ3) is 16.6. The first-order valence-electron chi connectivity index (χ1n) is 24.7. The van der Waals surface area contributed by atoms with E-state index in [0.29, 0.717) is 77.3 Å². The van der Waals surface area contributed by atoms with Crippen molar-refractivity contribution >= 4 is 90.1 Å². The van der Waals surface area contributed by atoms with Gasteiger partial charge in [0.1, 0.15) is 40.5 Å². The van der Waals surface area contributed by atoms with Crippen molar-refractivity contribution in [1.29, 1.82) is 0 Å². The summed E-state index contributed by atoms with van der Waals surface area (Å²) in [7, 11) is -18.9. The molecule has 1 N–H and O–H groups in total. The van der Waals surface area contributed by atoms with Gasteiger partial charge < -0.3 is 23.3 Å². The Labute approximate surface area is 612 Å². The Balaban J connectivity index is 0.000000250. The van der Waals surface area contributed by atoms with Crippen LogP contribution in [0.15, 0.2) is 227 Å². The molecule has 20 nitrogen and oxygen atoms in total. The molecule has 12 aromatic rings. The average molecular weight is 1390 g/mol. The van der Waals surface area contributed by atoms with Gasteiger partial charge in [0.2, 0.25) is 0 Å². The second-order valence-electron chi connectivity index (χ2n) is 18.4. The molecule has 6 aromatic heterocycles. The van der Waals surface area contributed by atoms with Crippen molar-refractivity contribution in [2.24, 2.45) is 0 Å². The monoisotopic (exact) mass is 1390 g/mol. The van der Waals surface area contributed by atoms with E-state index >= 15 is 0 Å². The summed E-state index contributed by atoms with van der Waals surface area (Å²) in [5, 5.41) is 11.1. The summed E-state index contributed by atoms with van der Waals surface area (Å²) in [6.45, 7) is 1.95. The van der Waals surface area contributed by atoms with Crippen LogP contribution in [0.3, 0.4) is 0 Å². The fraction of sp³-hybridized carbons (Fsp3) is 0.0167. The van der Waals surface area contributed by atoms with Gasteiger partial charge in [0.15, 0.2) is 0 Å². The van der Waals surface area contributed by atoms with Crippen LogP contribution in [0.5, 0.6) is 0 Å². The molecular formula is C60H38N6Na4O14RuS4+2. The molecule has 0 aliphatic heterocycles. The van der Waals surface area contributed by atoms with E-state index in [0.717, 1.165) is 5.56 Å². The van der Waals surface area contributed by atoms with Crippen molar-refractivity contribution < 1.29 is 199 Å². The van der Waals surface area contributed by atoms with Crippen LogP contribution in [0, 0.1) is 6.92 Å². The Hall–Kier alpha value is -5.01. The Kier molecular flexibility index (Phi) is 26.1. The van der Waals surface area contributed by atoms with Gasteiger partial charge in [-0.2, -0.15) is 0 Å². The normalized spacial score (nSPS) is 11.2. The summed E-state index contributed by atoms with van der Waals surface area (Å²) in [5.41, 5.74) is 7.14. The van der Waals surface area contributed by atoms with Gasteiger partial charge in [0.05, 0.1) is 58.6 Å². The van der Waals surface area contributed by atoms with Crippen molar-refractivity contribution in [2.45, 2.75) is 26.5 Å². The topological polar surface area (TPSA) is 343 Å². The quantitative estimate of drug-likeness (QED) is 0.0880. The molecule has 0 amide bonds. The maximum absolute atomic E-state index is 11.8. The summed E-state index contributed by atoms with van der Waals surface area (Å²) < 4.78 is 142. The number of aromatic nitrogens is 6. The van der Waals surface area contributed by atoms with Gasteiger partial charge in [0, 0.05) is 58.7 Å². The number of pyridine rings is 6. The summed E-state index contributed by atoms with van der Waals surface area (Å²) in [4.78, 5) is 35.4. The number of carbonyl (C=O) groups is 1. The SMILES string of the molecule is Cc1ccnc(-c2cc(C(=O)O)ccn2)c1.O=S(=O)([O-])c1ccccc1-c1ccnc2c1ccc1c(-c3ccccc3S(=O)(=O)[O-])ccnc12.O=S(=O)([O-])c1ccccc1-c1ccnc2c1ccc1c(-c3ccccc3S(=O)(=O)[O-])ccnc12.[Na+].[Na+].[Na+].[Na+].[Ru+2]. The molecule has 0 aliphatic carbocycles. The van der Waals surface area contributed by atoms with E-state index in [1.807, 2.05) is 19.1 Å². The molecule has 29 heteroatoms. The molecule has 6 heterocycles. The number of aromatic carboxylic acids is 1. The summed E-state index contributed by atoms with van der Waals surface area (Å²) >= 11 is 0. The Morgan fingerprint density at radius 3 is 0.843 bits per heavy atom. The molecule has 12 rings (SSSR count). The van der Waals surface area contributed by atoms with E-state index < -0.39 is 46.4 Å². The van der Waals surface area contributed by atoms with Gasteiger partial charge in [-0.05, 0) is 130 Å². The van der Waals surface area contributed by atoms with Crippen LogP contribution >= 0.6 is 0 Å². The van der Waals surface area contributed by atoms with Crippen molar-refractivity contribution in [3.63, 3.8) is 0 Å². The molecule has 89 heavy (non-hydrogen) atoms. The number of aryl methyl sites for hydroxylation is 1. The van der Waals surface area contributed by atoms with Gasteiger partial charge in [-0.15, -0.1) is 0 Å². The van der Waals surface area contributed by atoms with Gasteiger partial charge in [-0.25, -0.2) is 38.5 Å². The van der Waals surface area contributed by atoms with Crippen LogP contribution in [0.25, 0.3) is 99.5 Å². The maximum Gasteiger partial charge on any atom is 2.00 e. The molecule has 426 valence electrons. The summed E-state index contributed by atoms with van der Waals surface area (Å²) in [6.07, 6.45) is 9.08. The molecule has 0 fully saturated rings. The smallest absolute Gasteiger partial charge is 0.744 e. The van der Waals surface area contributed by atoms with Gasteiger partial charge in [0.25, 0.3) is 0 Å². The first kappa shape index (κ1) is 74.7. The Morgan fingerprint density at radius 2 is 0.584 bits per heavy atom. The Morgan fingerprint density at radius 1 is 0.337 bits per heavy atom. The van der Waals surface area contributed by atoms with Crippen LogP contribution in [0.1, 0.15) is 15.9 Å². The van der Waals surface area contributed by atoms with E-state index in [1.54, 1.807) is 103 Å². The fourth-order valence-electron chi connectivity index (χ4n) is 9.60. The third-order valence-corrected chi connectivity index (χ3v) is 16.8. The molecule has 0 spiro atoms. The first-order chi connectivity index (χ1) is 40.0. The number of carboxylic acids is 1. The Bertz CT molecular complexity index is 4600. The predicted octanol–water partition coefficient (Wildman–Crippen LogP) is -1.99. The second-order valence-corrected chi connectivity index (χ2v) is 23.8. The standard InChI is InChI=1S/2C24H16N2O6S2.C12H10N2O2.4Na.Ru/c2*27-33(28,29)21-7-3-1-5-17(21)15-11-13-25-23-19(15)9-10-20-16(12-14-26-24(20)23)18-6-2-4-8-22(18)34(30,31)32;1-8-2-4-13-10(6-8)11-7-9(12(15)16)3-5-14-11;;;;;/h2*1-14H,(H,27,28,29)(H,30,31,32);2-7H,1H3,(H,15,16);;;;;/q;;;4*+1;+2/p-4. The zero-order valence-electron chi connectivity index (χ0n) is 47.6. The van der Waals surface area contributed by atoms with E-state index in [1.165, 1.54) is 91.6 Å². The summed E-state index contributed by atoms with van der Waals surface area (Å²) in [6, 6.07) is 43.6. The number of benzene rings is 6. The van der Waals surface area contributed by atoms with Crippen molar-refractivity contribution in [3.8, 4) is 55.9 Å². The molecule has 0 saturated heterocycles. The second kappa shape index (κ2) is 31.1. The predicted molar refractivity (Wildman–Crippen MR) is 307 cm³/mol. The van der Waals surface area contributed by atoms with E-state index in [9.17, 15) is 56.7 Å². The number of carboxylic acid groups (broad SMARTS) is 1. The van der Waals surface area contributed by atoms with E-state index in [-0.39, 0.29) is 185 Å². The van der Waals surface area contributed by atoms with E-state index in [4.69, 9.17) is 5.11 Å². The molecular weight excluding hydrogens is 1350 g/mol. The van der Waals surface area contributed by atoms with Crippen LogP contribution in [0.2, 0.25) is 0 Å². The minimum Gasteiger partial charge on any atom is -0.744 e. The van der Waals surface area contributed by atoms with Crippen LogP contribution in [-0.4, -0.2) is 92.9 Å². The third-order valence-electron chi connectivity index (χ3n) is 13.2. The molecule has 0 atom stereocenters. The van der Waals surface area contributed by atoms with Gasteiger partial charge in [-0.1, -0.05) is 97.1 Å². The molecule has 0 bridgehead atoms. The molecule has 6 aromatic carbocycles. The van der Waals surface area contributed by atoms with Gasteiger partial charge >= 0.3 is 144 Å². The molecule has 0 radical (unpaired) electrons. The zero-order chi connectivity index (χ0) is 59.7. The number of hydrogen-bond donors (Lipinski definition) is 1. The molecule has 0 unspecified atom stereocenters. The largest absolute Gasteiger partial charge is 2.00 e. The molecule has 0 saturated carbocycles. The number of rotatable bonds is 10. The molecule has 0 aliphatic rings. The zero-order valence-corrected chi connectivity index (χ0v) is 60.6. The van der Waals surface area contributed by atoms with Crippen LogP contribution in [-0.2, 0) is 60.0 Å². The van der Waals surface area contributed by atoms with Crippen LogP contribution in [0.4, 0.5) is 0 Å². The minimum atomic E-state index is -4.73. The van der Waals surface area contributed by atoms with Crippen molar-refractivity contribution in [2.75, 3.05) is 0 Å². The van der Waals surface area contributed by atoms with Gasteiger partial charge in [-0.3, -0.25) is 29.9 Å². The van der Waals surface area contributed by atoms with E-state index in [2.05, 4.69) is 29.9 Å². The average Bonchev–Trinajstić information content (AvgIpc) is 0.794. The first-order valence-corrected chi connectivity index (χ1v) is 30.3.